The molecule has 1 saturated carbocycles. The SMILES string of the molecule is COC1CCC(C(=O)OCC(F)(F)S(=O)(=O)O)CC1. The third kappa shape index (κ3) is 4.36. The van der Waals surface area contributed by atoms with Gasteiger partial charge in [0, 0.05) is 7.11 Å². The minimum absolute atomic E-state index is 0.0447. The second-order valence-electron chi connectivity index (χ2n) is 4.43. The first kappa shape index (κ1) is 16.3. The van der Waals surface area contributed by atoms with Crippen molar-refractivity contribution in [1.29, 1.82) is 0 Å². The standard InChI is InChI=1S/C10H16F2O6S/c1-17-8-4-2-7(3-5-8)9(13)18-6-10(11,12)19(14,15)16/h7-8H,2-6H2,1H3,(H,14,15,16). The van der Waals surface area contributed by atoms with Crippen LogP contribution in [0.4, 0.5) is 8.78 Å². The predicted octanol–water partition coefficient (Wildman–Crippen LogP) is 1.22. The molecule has 0 amide bonds. The van der Waals surface area contributed by atoms with Gasteiger partial charge in [-0.2, -0.15) is 17.2 Å². The van der Waals surface area contributed by atoms with Crippen LogP contribution >= 0.6 is 0 Å². The van der Waals surface area contributed by atoms with Crippen molar-refractivity contribution in [2.45, 2.75) is 37.0 Å². The van der Waals surface area contributed by atoms with E-state index in [9.17, 15) is 22.0 Å². The molecule has 6 nitrogen and oxygen atoms in total. The Morgan fingerprint density at radius 2 is 1.84 bits per heavy atom. The highest BCUT2D eigenvalue weighted by Crippen LogP contribution is 2.28. The van der Waals surface area contributed by atoms with Crippen LogP contribution in [0.25, 0.3) is 0 Å². The summed E-state index contributed by atoms with van der Waals surface area (Å²) in [7, 11) is -4.02. The lowest BCUT2D eigenvalue weighted by Gasteiger charge is -2.26. The van der Waals surface area contributed by atoms with Gasteiger partial charge in [-0.25, -0.2) is 0 Å². The molecule has 0 saturated heterocycles. The maximum absolute atomic E-state index is 12.8. The van der Waals surface area contributed by atoms with Crippen LogP contribution in [0.15, 0.2) is 0 Å². The lowest BCUT2D eigenvalue weighted by molar-refractivity contribution is -0.156. The zero-order chi connectivity index (χ0) is 14.7. The fraction of sp³-hybridized carbons (Fsp3) is 0.900. The van der Waals surface area contributed by atoms with Gasteiger partial charge in [0.15, 0.2) is 6.61 Å². The average Bonchev–Trinajstić information content (AvgIpc) is 2.35. The van der Waals surface area contributed by atoms with Gasteiger partial charge in [-0.1, -0.05) is 0 Å². The minimum Gasteiger partial charge on any atom is -0.458 e. The molecule has 0 spiro atoms. The lowest BCUT2D eigenvalue weighted by Crippen LogP contribution is -2.36. The van der Waals surface area contributed by atoms with Gasteiger partial charge in [-0.3, -0.25) is 9.35 Å². The first-order valence-corrected chi connectivity index (χ1v) is 7.15. The van der Waals surface area contributed by atoms with Crippen molar-refractivity contribution in [1.82, 2.24) is 0 Å². The Kier molecular flexibility index (Phi) is 5.22. The number of esters is 1. The summed E-state index contributed by atoms with van der Waals surface area (Å²) >= 11 is 0. The number of hydrogen-bond donors (Lipinski definition) is 1. The third-order valence-corrected chi connectivity index (χ3v) is 3.97. The molecule has 0 aromatic heterocycles. The molecule has 0 heterocycles. The molecule has 1 N–H and O–H groups in total. The number of halogens is 2. The van der Waals surface area contributed by atoms with Crippen LogP contribution in [0.5, 0.6) is 0 Å². The smallest absolute Gasteiger partial charge is 0.402 e. The van der Waals surface area contributed by atoms with Crippen LogP contribution in [0.3, 0.4) is 0 Å². The summed E-state index contributed by atoms with van der Waals surface area (Å²) in [4.78, 5) is 11.5. The molecule has 0 aliphatic heterocycles. The van der Waals surface area contributed by atoms with E-state index >= 15 is 0 Å². The van der Waals surface area contributed by atoms with Gasteiger partial charge in [0.25, 0.3) is 0 Å². The summed E-state index contributed by atoms with van der Waals surface area (Å²) in [6, 6.07) is 0. The number of ether oxygens (including phenoxy) is 2. The van der Waals surface area contributed by atoms with E-state index in [2.05, 4.69) is 4.74 Å². The number of carbonyl (C=O) groups excluding carboxylic acids is 1. The molecule has 1 fully saturated rings. The zero-order valence-electron chi connectivity index (χ0n) is 10.3. The summed E-state index contributed by atoms with van der Waals surface area (Å²) in [5.41, 5.74) is 0. The normalized spacial score (nSPS) is 25.1. The molecule has 0 atom stereocenters. The van der Waals surface area contributed by atoms with Gasteiger partial charge in [0.1, 0.15) is 0 Å². The molecule has 0 aromatic carbocycles. The van der Waals surface area contributed by atoms with E-state index < -0.39 is 33.9 Å². The van der Waals surface area contributed by atoms with E-state index in [-0.39, 0.29) is 6.10 Å². The van der Waals surface area contributed by atoms with Gasteiger partial charge in [0.05, 0.1) is 12.0 Å². The molecule has 0 radical (unpaired) electrons. The maximum Gasteiger partial charge on any atom is 0.402 e. The molecular formula is C10H16F2O6S. The number of hydrogen-bond acceptors (Lipinski definition) is 5. The number of rotatable bonds is 5. The van der Waals surface area contributed by atoms with Crippen molar-refractivity contribution in [3.05, 3.63) is 0 Å². The predicted molar refractivity (Wildman–Crippen MR) is 60.2 cm³/mol. The summed E-state index contributed by atoms with van der Waals surface area (Å²) in [6.45, 7) is -1.67. The Labute approximate surface area is 109 Å². The average molecular weight is 302 g/mol. The fourth-order valence-corrected chi connectivity index (χ4v) is 2.09. The molecule has 112 valence electrons. The first-order valence-electron chi connectivity index (χ1n) is 5.71. The Bertz CT molecular complexity index is 414. The van der Waals surface area contributed by atoms with Crippen LogP contribution in [-0.4, -0.2) is 44.0 Å². The van der Waals surface area contributed by atoms with Gasteiger partial charge in [-0.15, -0.1) is 0 Å². The molecule has 1 rings (SSSR count). The van der Waals surface area contributed by atoms with Crippen LogP contribution in [0.1, 0.15) is 25.7 Å². The van der Waals surface area contributed by atoms with Crippen LogP contribution in [-0.2, 0) is 24.4 Å². The first-order chi connectivity index (χ1) is 8.67. The van der Waals surface area contributed by atoms with Crippen LogP contribution in [0.2, 0.25) is 0 Å². The van der Waals surface area contributed by atoms with Gasteiger partial charge >= 0.3 is 21.3 Å². The molecule has 1 aliphatic rings. The lowest BCUT2D eigenvalue weighted by atomic mass is 9.87. The van der Waals surface area contributed by atoms with Crippen molar-refractivity contribution in [3.8, 4) is 0 Å². The zero-order valence-corrected chi connectivity index (χ0v) is 11.2. The summed E-state index contributed by atoms with van der Waals surface area (Å²) in [6.07, 6.45) is 2.16. The highest BCUT2D eigenvalue weighted by Gasteiger charge is 2.46. The van der Waals surface area contributed by atoms with Gasteiger partial charge < -0.3 is 9.47 Å². The van der Waals surface area contributed by atoms with E-state index in [0.29, 0.717) is 25.7 Å². The molecular weight excluding hydrogens is 286 g/mol. The van der Waals surface area contributed by atoms with Crippen LogP contribution < -0.4 is 0 Å². The third-order valence-electron chi connectivity index (χ3n) is 3.10. The van der Waals surface area contributed by atoms with E-state index in [1.54, 1.807) is 7.11 Å². The second-order valence-corrected chi connectivity index (χ2v) is 5.98. The highest BCUT2D eigenvalue weighted by molar-refractivity contribution is 7.86. The van der Waals surface area contributed by atoms with E-state index in [1.165, 1.54) is 0 Å². The number of alkyl halides is 2. The second kappa shape index (κ2) is 6.10. The van der Waals surface area contributed by atoms with Gasteiger partial charge in [-0.05, 0) is 25.7 Å². The van der Waals surface area contributed by atoms with E-state index in [0.717, 1.165) is 0 Å². The summed E-state index contributed by atoms with van der Waals surface area (Å²) in [5.74, 6) is -1.42. The van der Waals surface area contributed by atoms with E-state index in [1.807, 2.05) is 0 Å². The quantitative estimate of drug-likeness (QED) is 0.606. The Morgan fingerprint density at radius 1 is 1.32 bits per heavy atom. The maximum atomic E-state index is 12.8. The molecule has 1 aliphatic carbocycles. The number of carbonyl (C=O) groups is 1. The highest BCUT2D eigenvalue weighted by atomic mass is 32.2. The van der Waals surface area contributed by atoms with Crippen molar-refractivity contribution < 1.29 is 36.0 Å². The largest absolute Gasteiger partial charge is 0.458 e. The minimum atomic E-state index is -5.57. The van der Waals surface area contributed by atoms with Crippen molar-refractivity contribution in [2.24, 2.45) is 5.92 Å². The molecule has 0 unspecified atom stereocenters. The van der Waals surface area contributed by atoms with Crippen molar-refractivity contribution in [2.75, 3.05) is 13.7 Å². The Hall–Kier alpha value is -0.800. The monoisotopic (exact) mass is 302 g/mol. The number of methoxy groups -OCH3 is 1. The van der Waals surface area contributed by atoms with Crippen molar-refractivity contribution in [3.63, 3.8) is 0 Å². The molecule has 0 aromatic rings. The Balaban J connectivity index is 2.45. The topological polar surface area (TPSA) is 89.9 Å². The summed E-state index contributed by atoms with van der Waals surface area (Å²) < 4.78 is 63.9. The molecule has 0 bridgehead atoms. The summed E-state index contributed by atoms with van der Waals surface area (Å²) in [5, 5.41) is -4.48. The van der Waals surface area contributed by atoms with Crippen molar-refractivity contribution >= 4 is 16.1 Å². The Morgan fingerprint density at radius 3 is 2.26 bits per heavy atom. The van der Waals surface area contributed by atoms with E-state index in [4.69, 9.17) is 9.29 Å². The molecule has 9 heteroatoms. The van der Waals surface area contributed by atoms with Gasteiger partial charge in [0.2, 0.25) is 0 Å². The fourth-order valence-electron chi connectivity index (χ4n) is 1.88. The van der Waals surface area contributed by atoms with Crippen LogP contribution in [0, 0.1) is 5.92 Å². The molecule has 19 heavy (non-hydrogen) atoms.